The molecule has 1 aliphatic rings. The third-order valence-corrected chi connectivity index (χ3v) is 5.57. The molecule has 2 heterocycles. The second-order valence-electron chi connectivity index (χ2n) is 7.47. The highest BCUT2D eigenvalue weighted by Gasteiger charge is 2.42. The molecule has 2 N–H and O–H groups in total. The number of nitrogens with one attached hydrogen (secondary N) is 1. The van der Waals surface area contributed by atoms with Gasteiger partial charge in [0.1, 0.15) is 17.1 Å². The van der Waals surface area contributed by atoms with Crippen LogP contribution in [0, 0.1) is 0 Å². The molecule has 1 atom stereocenters. The summed E-state index contributed by atoms with van der Waals surface area (Å²) in [6, 6.07) is 12.3. The molecule has 32 heavy (non-hydrogen) atoms. The molecule has 1 amide bonds. The summed E-state index contributed by atoms with van der Waals surface area (Å²) < 4.78 is 16.4. The Labute approximate surface area is 186 Å². The molecule has 0 radical (unpaired) electrons. The number of fused-ring (bicyclic) bond motifs is 1. The molecule has 168 valence electrons. The highest BCUT2D eigenvalue weighted by atomic mass is 16.5. The summed E-state index contributed by atoms with van der Waals surface area (Å²) in [5, 5.41) is 17.8. The van der Waals surface area contributed by atoms with E-state index in [1.54, 1.807) is 37.3 Å². The van der Waals surface area contributed by atoms with Gasteiger partial charge in [0.25, 0.3) is 5.91 Å². The number of ether oxygens (including phenoxy) is 3. The van der Waals surface area contributed by atoms with E-state index in [2.05, 4.69) is 10.2 Å². The number of benzene rings is 2. The molecule has 1 aromatic heterocycles. The number of H-pyrrole nitrogens is 1. The van der Waals surface area contributed by atoms with Crippen LogP contribution in [0.2, 0.25) is 0 Å². The topological polar surface area (TPSA) is 96.9 Å². The number of carbonyl (C=O) groups excluding carboxylic acids is 1. The van der Waals surface area contributed by atoms with E-state index in [1.165, 1.54) is 0 Å². The van der Waals surface area contributed by atoms with Crippen LogP contribution < -0.4 is 9.47 Å². The summed E-state index contributed by atoms with van der Waals surface area (Å²) in [6.07, 6.45) is 0.691. The molecule has 0 saturated carbocycles. The number of carbonyl (C=O) groups is 1. The van der Waals surface area contributed by atoms with Crippen molar-refractivity contribution in [2.24, 2.45) is 0 Å². The van der Waals surface area contributed by atoms with E-state index in [9.17, 15) is 9.90 Å². The largest absolute Gasteiger partial charge is 0.507 e. The van der Waals surface area contributed by atoms with Crippen molar-refractivity contribution in [2.75, 3.05) is 34.0 Å². The van der Waals surface area contributed by atoms with Crippen LogP contribution in [-0.2, 0) is 4.74 Å². The summed E-state index contributed by atoms with van der Waals surface area (Å²) >= 11 is 0. The summed E-state index contributed by atoms with van der Waals surface area (Å²) in [6.45, 7) is 3.48. The lowest BCUT2D eigenvalue weighted by atomic mass is 9.95. The predicted molar refractivity (Wildman–Crippen MR) is 119 cm³/mol. The van der Waals surface area contributed by atoms with Crippen molar-refractivity contribution in [3.8, 4) is 28.5 Å². The lowest BCUT2D eigenvalue weighted by Crippen LogP contribution is -2.31. The first kappa shape index (κ1) is 21.7. The molecule has 4 rings (SSSR count). The number of methoxy groups -OCH3 is 2. The molecular formula is C24H27N3O5. The second-order valence-corrected chi connectivity index (χ2v) is 7.47. The van der Waals surface area contributed by atoms with E-state index in [0.29, 0.717) is 54.6 Å². The van der Waals surface area contributed by atoms with Crippen molar-refractivity contribution in [3.05, 3.63) is 59.3 Å². The number of phenols is 1. The van der Waals surface area contributed by atoms with Crippen LogP contribution in [0.1, 0.15) is 41.0 Å². The molecule has 0 spiro atoms. The highest BCUT2D eigenvalue weighted by molar-refractivity contribution is 6.00. The quantitative estimate of drug-likeness (QED) is 0.495. The Balaban J connectivity index is 1.84. The second kappa shape index (κ2) is 9.32. The third kappa shape index (κ3) is 3.78. The van der Waals surface area contributed by atoms with Gasteiger partial charge in [0.15, 0.2) is 11.5 Å². The Morgan fingerprint density at radius 2 is 1.97 bits per heavy atom. The van der Waals surface area contributed by atoms with Crippen molar-refractivity contribution in [1.82, 2.24) is 15.1 Å². The number of phenolic OH excluding ortho intramolecular Hbond substituents is 1. The maximum atomic E-state index is 13.3. The molecule has 0 bridgehead atoms. The van der Waals surface area contributed by atoms with Crippen LogP contribution in [0.3, 0.4) is 0 Å². The standard InChI is InChI=1S/C24H27N3O5/c1-4-32-18-11-10-15(14-19(18)31-3)23-20-21(16-8-5-6-9-17(16)28)25-26-22(20)24(29)27(23)12-7-13-30-2/h5-6,8-11,14,23,28H,4,7,12-13H2,1-3H3,(H,25,26). The molecule has 3 aromatic rings. The van der Waals surface area contributed by atoms with Crippen LogP contribution in [-0.4, -0.2) is 60.1 Å². The summed E-state index contributed by atoms with van der Waals surface area (Å²) in [5.74, 6) is 1.20. The van der Waals surface area contributed by atoms with Crippen LogP contribution >= 0.6 is 0 Å². The minimum absolute atomic E-state index is 0.107. The maximum Gasteiger partial charge on any atom is 0.273 e. The smallest absolute Gasteiger partial charge is 0.273 e. The fourth-order valence-corrected chi connectivity index (χ4v) is 4.16. The first-order chi connectivity index (χ1) is 15.6. The van der Waals surface area contributed by atoms with E-state index in [4.69, 9.17) is 14.2 Å². The van der Waals surface area contributed by atoms with E-state index in [-0.39, 0.29) is 11.7 Å². The maximum absolute atomic E-state index is 13.3. The van der Waals surface area contributed by atoms with Crippen molar-refractivity contribution in [1.29, 1.82) is 0 Å². The van der Waals surface area contributed by atoms with Crippen molar-refractivity contribution in [2.45, 2.75) is 19.4 Å². The van der Waals surface area contributed by atoms with E-state index >= 15 is 0 Å². The van der Waals surface area contributed by atoms with Crippen molar-refractivity contribution >= 4 is 5.91 Å². The summed E-state index contributed by atoms with van der Waals surface area (Å²) in [5.41, 5.74) is 3.16. The van der Waals surface area contributed by atoms with Gasteiger partial charge in [-0.1, -0.05) is 18.2 Å². The number of amides is 1. The van der Waals surface area contributed by atoms with Crippen LogP contribution in [0.25, 0.3) is 11.3 Å². The minimum atomic E-state index is -0.396. The Morgan fingerprint density at radius 1 is 1.16 bits per heavy atom. The van der Waals surface area contributed by atoms with E-state index in [0.717, 1.165) is 11.1 Å². The molecule has 0 aliphatic carbocycles. The lowest BCUT2D eigenvalue weighted by Gasteiger charge is -2.27. The SMILES string of the molecule is CCOc1ccc(C2c3c(-c4ccccc4O)n[nH]c3C(=O)N2CCCOC)cc1OC. The number of rotatable bonds is 9. The Kier molecular flexibility index (Phi) is 6.32. The third-order valence-electron chi connectivity index (χ3n) is 5.57. The fraction of sp³-hybridized carbons (Fsp3) is 0.333. The van der Waals surface area contributed by atoms with Gasteiger partial charge in [-0.05, 0) is 43.2 Å². The number of hydrogen-bond donors (Lipinski definition) is 2. The Hall–Kier alpha value is -3.52. The number of aromatic hydroxyl groups is 1. The Morgan fingerprint density at radius 3 is 2.69 bits per heavy atom. The number of nitrogens with zero attached hydrogens (tertiary/aromatic N) is 2. The van der Waals surface area contributed by atoms with Gasteiger partial charge >= 0.3 is 0 Å². The number of aromatic amines is 1. The zero-order chi connectivity index (χ0) is 22.7. The van der Waals surface area contributed by atoms with Gasteiger partial charge < -0.3 is 24.2 Å². The number of para-hydroxylation sites is 1. The van der Waals surface area contributed by atoms with Gasteiger partial charge in [0.05, 0.1) is 19.8 Å². The monoisotopic (exact) mass is 437 g/mol. The van der Waals surface area contributed by atoms with Gasteiger partial charge in [-0.2, -0.15) is 5.10 Å². The average molecular weight is 437 g/mol. The normalized spacial score (nSPS) is 15.2. The van der Waals surface area contributed by atoms with E-state index in [1.807, 2.05) is 31.2 Å². The fourth-order valence-electron chi connectivity index (χ4n) is 4.16. The molecule has 0 saturated heterocycles. The predicted octanol–water partition coefficient (Wildman–Crippen LogP) is 3.77. The highest BCUT2D eigenvalue weighted by Crippen LogP contribution is 2.45. The molecule has 1 aliphatic heterocycles. The minimum Gasteiger partial charge on any atom is -0.507 e. The zero-order valence-corrected chi connectivity index (χ0v) is 18.4. The van der Waals surface area contributed by atoms with Crippen LogP contribution in [0.5, 0.6) is 17.2 Å². The van der Waals surface area contributed by atoms with Gasteiger partial charge in [-0.25, -0.2) is 0 Å². The van der Waals surface area contributed by atoms with Crippen molar-refractivity contribution in [3.63, 3.8) is 0 Å². The molecular weight excluding hydrogens is 410 g/mol. The lowest BCUT2D eigenvalue weighted by molar-refractivity contribution is 0.0723. The first-order valence-electron chi connectivity index (χ1n) is 10.6. The summed E-state index contributed by atoms with van der Waals surface area (Å²) in [7, 11) is 3.23. The molecule has 8 nitrogen and oxygen atoms in total. The Bertz CT molecular complexity index is 1110. The first-order valence-corrected chi connectivity index (χ1v) is 10.6. The van der Waals surface area contributed by atoms with Gasteiger partial charge in [0, 0.05) is 31.4 Å². The average Bonchev–Trinajstić information content (AvgIpc) is 3.34. The van der Waals surface area contributed by atoms with E-state index < -0.39 is 6.04 Å². The number of hydrogen-bond acceptors (Lipinski definition) is 6. The van der Waals surface area contributed by atoms with Gasteiger partial charge in [-0.3, -0.25) is 9.89 Å². The molecule has 0 fully saturated rings. The molecule has 8 heteroatoms. The molecule has 2 aromatic carbocycles. The number of aromatic nitrogens is 2. The van der Waals surface area contributed by atoms with Gasteiger partial charge in [0.2, 0.25) is 0 Å². The summed E-state index contributed by atoms with van der Waals surface area (Å²) in [4.78, 5) is 15.1. The van der Waals surface area contributed by atoms with Crippen molar-refractivity contribution < 1.29 is 24.1 Å². The van der Waals surface area contributed by atoms with Crippen LogP contribution in [0.15, 0.2) is 42.5 Å². The molecule has 1 unspecified atom stereocenters. The zero-order valence-electron chi connectivity index (χ0n) is 18.4. The van der Waals surface area contributed by atoms with Crippen LogP contribution in [0.4, 0.5) is 0 Å². The van der Waals surface area contributed by atoms with Gasteiger partial charge in [-0.15, -0.1) is 0 Å².